The van der Waals surface area contributed by atoms with Gasteiger partial charge in [-0.2, -0.15) is 0 Å². The summed E-state index contributed by atoms with van der Waals surface area (Å²) in [7, 11) is 0. The third-order valence-electron chi connectivity index (χ3n) is 4.55. The van der Waals surface area contributed by atoms with E-state index >= 15 is 0 Å². The van der Waals surface area contributed by atoms with Crippen molar-refractivity contribution in [1.29, 1.82) is 0 Å². The van der Waals surface area contributed by atoms with Gasteiger partial charge < -0.3 is 14.6 Å². The van der Waals surface area contributed by atoms with Crippen molar-refractivity contribution in [3.63, 3.8) is 0 Å². The Morgan fingerprint density at radius 1 is 1.11 bits per heavy atom. The van der Waals surface area contributed by atoms with Crippen molar-refractivity contribution in [2.45, 2.75) is 20.0 Å². The fourth-order valence-corrected chi connectivity index (χ4v) is 3.77. The molecule has 0 aliphatic carbocycles. The average Bonchev–Trinajstić information content (AvgIpc) is 3.36. The van der Waals surface area contributed by atoms with Crippen molar-refractivity contribution < 1.29 is 9.53 Å². The number of hydrogen-bond donors (Lipinski definition) is 1. The van der Waals surface area contributed by atoms with E-state index in [0.717, 1.165) is 28.2 Å². The Hall–Kier alpha value is -3.12. The summed E-state index contributed by atoms with van der Waals surface area (Å²) < 4.78 is 8.08. The van der Waals surface area contributed by atoms with Gasteiger partial charge in [0.05, 0.1) is 29.0 Å². The van der Waals surface area contributed by atoms with Gasteiger partial charge in [-0.25, -0.2) is 4.98 Å². The van der Waals surface area contributed by atoms with Crippen LogP contribution in [0.25, 0.3) is 11.0 Å². The lowest BCUT2D eigenvalue weighted by molar-refractivity contribution is 0.0953. The second-order valence-corrected chi connectivity index (χ2v) is 7.39. The molecule has 0 radical (unpaired) electrons. The molecule has 0 unspecified atom stereocenters. The van der Waals surface area contributed by atoms with Gasteiger partial charge in [-0.05, 0) is 42.1 Å². The maximum atomic E-state index is 12.3. The zero-order valence-electron chi connectivity index (χ0n) is 15.6. The summed E-state index contributed by atoms with van der Waals surface area (Å²) in [5.41, 5.74) is 3.07. The summed E-state index contributed by atoms with van der Waals surface area (Å²) in [6, 6.07) is 19.7. The molecular weight excluding hydrogens is 370 g/mol. The van der Waals surface area contributed by atoms with E-state index in [4.69, 9.17) is 9.72 Å². The summed E-state index contributed by atoms with van der Waals surface area (Å²) >= 11 is 1.43. The molecule has 2 aromatic carbocycles. The number of nitrogens with zero attached hydrogens (tertiary/aromatic N) is 2. The van der Waals surface area contributed by atoms with Crippen LogP contribution in [0, 0.1) is 6.92 Å². The number of rotatable bonds is 7. The standard InChI is InChI=1S/C22H21N3O2S/c1-16-7-2-5-10-19(16)27-13-12-25-18-9-4-3-8-17(18)24-21(25)15-23-22(26)20-11-6-14-28-20/h2-11,14H,12-13,15H2,1H3,(H,23,26). The van der Waals surface area contributed by atoms with Crippen LogP contribution in [0.4, 0.5) is 0 Å². The van der Waals surface area contributed by atoms with Crippen LogP contribution < -0.4 is 10.1 Å². The van der Waals surface area contributed by atoms with E-state index < -0.39 is 0 Å². The molecule has 6 heteroatoms. The van der Waals surface area contributed by atoms with E-state index in [9.17, 15) is 4.79 Å². The molecule has 4 rings (SSSR count). The molecule has 0 atom stereocenters. The number of carbonyl (C=O) groups is 1. The predicted octanol–water partition coefficient (Wildman–Crippen LogP) is 4.42. The van der Waals surface area contributed by atoms with Gasteiger partial charge in [-0.3, -0.25) is 4.79 Å². The van der Waals surface area contributed by atoms with E-state index in [1.807, 2.05) is 73.0 Å². The number of nitrogens with one attached hydrogen (secondary N) is 1. The first-order valence-electron chi connectivity index (χ1n) is 9.16. The number of aryl methyl sites for hydroxylation is 1. The molecule has 0 saturated carbocycles. The highest BCUT2D eigenvalue weighted by atomic mass is 32.1. The van der Waals surface area contributed by atoms with Crippen molar-refractivity contribution in [3.05, 3.63) is 82.3 Å². The number of fused-ring (bicyclic) bond motifs is 1. The van der Waals surface area contributed by atoms with Crippen LogP contribution in [0.1, 0.15) is 21.1 Å². The summed E-state index contributed by atoms with van der Waals surface area (Å²) in [6.45, 7) is 3.58. The molecule has 0 aliphatic heterocycles. The van der Waals surface area contributed by atoms with Crippen molar-refractivity contribution in [3.8, 4) is 5.75 Å². The fourth-order valence-electron chi connectivity index (χ4n) is 3.13. The van der Waals surface area contributed by atoms with E-state index in [0.29, 0.717) is 24.6 Å². The van der Waals surface area contributed by atoms with Gasteiger partial charge in [-0.1, -0.05) is 36.4 Å². The quantitative estimate of drug-likeness (QED) is 0.507. The topological polar surface area (TPSA) is 56.1 Å². The Balaban J connectivity index is 1.50. The van der Waals surface area contributed by atoms with E-state index in [-0.39, 0.29) is 5.91 Å². The van der Waals surface area contributed by atoms with Gasteiger partial charge in [0.25, 0.3) is 5.91 Å². The monoisotopic (exact) mass is 391 g/mol. The molecule has 0 saturated heterocycles. The van der Waals surface area contributed by atoms with Crippen LogP contribution >= 0.6 is 11.3 Å². The lowest BCUT2D eigenvalue weighted by Gasteiger charge is -2.12. The molecule has 2 heterocycles. The number of aromatic nitrogens is 2. The summed E-state index contributed by atoms with van der Waals surface area (Å²) in [5.74, 6) is 1.63. The predicted molar refractivity (Wildman–Crippen MR) is 112 cm³/mol. The second-order valence-electron chi connectivity index (χ2n) is 6.44. The van der Waals surface area contributed by atoms with Crippen LogP contribution in [-0.4, -0.2) is 22.1 Å². The van der Waals surface area contributed by atoms with E-state index in [1.165, 1.54) is 11.3 Å². The molecule has 28 heavy (non-hydrogen) atoms. The van der Waals surface area contributed by atoms with Gasteiger partial charge in [0.1, 0.15) is 18.2 Å². The van der Waals surface area contributed by atoms with Crippen LogP contribution in [-0.2, 0) is 13.1 Å². The first-order chi connectivity index (χ1) is 13.7. The van der Waals surface area contributed by atoms with Crippen LogP contribution in [0.3, 0.4) is 0 Å². The first kappa shape index (κ1) is 18.3. The number of amides is 1. The molecule has 0 spiro atoms. The number of ether oxygens (including phenoxy) is 1. The SMILES string of the molecule is Cc1ccccc1OCCn1c(CNC(=O)c2cccs2)nc2ccccc21. The molecule has 4 aromatic rings. The summed E-state index contributed by atoms with van der Waals surface area (Å²) in [4.78, 5) is 17.7. The largest absolute Gasteiger partial charge is 0.491 e. The molecule has 142 valence electrons. The number of imidazole rings is 1. The van der Waals surface area contributed by atoms with Crippen LogP contribution in [0.5, 0.6) is 5.75 Å². The number of benzene rings is 2. The van der Waals surface area contributed by atoms with Gasteiger partial charge in [0, 0.05) is 0 Å². The van der Waals surface area contributed by atoms with Crippen molar-refractivity contribution in [1.82, 2.24) is 14.9 Å². The highest BCUT2D eigenvalue weighted by Crippen LogP contribution is 2.19. The molecule has 5 nitrogen and oxygen atoms in total. The number of carbonyl (C=O) groups excluding carboxylic acids is 1. The van der Waals surface area contributed by atoms with Gasteiger partial charge in [0.15, 0.2) is 0 Å². The summed E-state index contributed by atoms with van der Waals surface area (Å²) in [6.07, 6.45) is 0. The Morgan fingerprint density at radius 2 is 1.93 bits per heavy atom. The molecule has 1 amide bonds. The van der Waals surface area contributed by atoms with Gasteiger partial charge >= 0.3 is 0 Å². The minimum atomic E-state index is -0.0789. The molecular formula is C22H21N3O2S. The lowest BCUT2D eigenvalue weighted by Crippen LogP contribution is -2.24. The van der Waals surface area contributed by atoms with Gasteiger partial charge in [-0.15, -0.1) is 11.3 Å². The average molecular weight is 391 g/mol. The minimum Gasteiger partial charge on any atom is -0.491 e. The maximum Gasteiger partial charge on any atom is 0.261 e. The van der Waals surface area contributed by atoms with E-state index in [2.05, 4.69) is 9.88 Å². The lowest BCUT2D eigenvalue weighted by atomic mass is 10.2. The molecule has 0 bridgehead atoms. The van der Waals surface area contributed by atoms with E-state index in [1.54, 1.807) is 0 Å². The first-order valence-corrected chi connectivity index (χ1v) is 10.0. The third-order valence-corrected chi connectivity index (χ3v) is 5.42. The Morgan fingerprint density at radius 3 is 2.75 bits per heavy atom. The number of thiophene rings is 1. The zero-order chi connectivity index (χ0) is 19.3. The second kappa shape index (κ2) is 8.27. The highest BCUT2D eigenvalue weighted by molar-refractivity contribution is 7.12. The molecule has 0 fully saturated rings. The number of hydrogen-bond acceptors (Lipinski definition) is 4. The Kier molecular flexibility index (Phi) is 5.39. The summed E-state index contributed by atoms with van der Waals surface area (Å²) in [5, 5.41) is 4.86. The van der Waals surface area contributed by atoms with Crippen molar-refractivity contribution in [2.24, 2.45) is 0 Å². The minimum absolute atomic E-state index is 0.0789. The van der Waals surface area contributed by atoms with Gasteiger partial charge in [0.2, 0.25) is 0 Å². The highest BCUT2D eigenvalue weighted by Gasteiger charge is 2.13. The smallest absolute Gasteiger partial charge is 0.261 e. The van der Waals surface area contributed by atoms with Crippen LogP contribution in [0.2, 0.25) is 0 Å². The number of para-hydroxylation sites is 3. The fraction of sp³-hybridized carbons (Fsp3) is 0.182. The van der Waals surface area contributed by atoms with Crippen molar-refractivity contribution in [2.75, 3.05) is 6.61 Å². The Labute approximate surface area is 167 Å². The zero-order valence-corrected chi connectivity index (χ0v) is 16.4. The van der Waals surface area contributed by atoms with Crippen LogP contribution in [0.15, 0.2) is 66.0 Å². The molecule has 1 N–H and O–H groups in total. The van der Waals surface area contributed by atoms with Crippen molar-refractivity contribution >= 4 is 28.3 Å². The maximum absolute atomic E-state index is 12.3. The normalized spacial score (nSPS) is 10.9. The molecule has 0 aliphatic rings. The third kappa shape index (κ3) is 3.92. The Bertz CT molecular complexity index is 1090. The molecule has 2 aromatic heterocycles.